The zero-order valence-corrected chi connectivity index (χ0v) is 17.4. The van der Waals surface area contributed by atoms with Crippen molar-refractivity contribution in [3.8, 4) is 6.07 Å². The monoisotopic (exact) mass is 378 g/mol. The van der Waals surface area contributed by atoms with Gasteiger partial charge < -0.3 is 0 Å². The van der Waals surface area contributed by atoms with Gasteiger partial charge in [-0.3, -0.25) is 0 Å². The fourth-order valence-corrected chi connectivity index (χ4v) is 3.86. The predicted molar refractivity (Wildman–Crippen MR) is 120 cm³/mol. The molecular formula is C27H26N2. The summed E-state index contributed by atoms with van der Waals surface area (Å²) in [4.78, 5) is 3.46. The molecule has 2 aliphatic carbocycles. The van der Waals surface area contributed by atoms with Gasteiger partial charge in [-0.15, -0.1) is 0 Å². The summed E-state index contributed by atoms with van der Waals surface area (Å²) in [6.45, 7) is 14.0. The smallest absolute Gasteiger partial charge is 0.226 e. The topological polar surface area (TPSA) is 28.1 Å². The van der Waals surface area contributed by atoms with Gasteiger partial charge in [-0.1, -0.05) is 60.2 Å². The average molecular weight is 379 g/mol. The molecule has 0 unspecified atom stereocenters. The summed E-state index contributed by atoms with van der Waals surface area (Å²) in [5.74, 6) is 0. The molecule has 1 aromatic carbocycles. The van der Waals surface area contributed by atoms with E-state index in [0.717, 1.165) is 31.2 Å². The molecule has 0 saturated carbocycles. The van der Waals surface area contributed by atoms with E-state index >= 15 is 0 Å². The normalized spacial score (nSPS) is 19.3. The predicted octanol–water partition coefficient (Wildman–Crippen LogP) is 7.49. The zero-order valence-electron chi connectivity index (χ0n) is 17.4. The molecule has 29 heavy (non-hydrogen) atoms. The van der Waals surface area contributed by atoms with E-state index in [-0.39, 0.29) is 5.70 Å². The molecule has 0 saturated heterocycles. The minimum Gasteiger partial charge on any atom is -0.226 e. The third-order valence-electron chi connectivity index (χ3n) is 5.83. The van der Waals surface area contributed by atoms with Crippen LogP contribution >= 0.6 is 0 Å². The minimum absolute atomic E-state index is 0.142. The van der Waals surface area contributed by atoms with Gasteiger partial charge in [0.2, 0.25) is 0 Å². The standard InChI is InChI=1S/C27H26N2/c1-19-15-25(21(3)20(19)2)14-13-22-9-8-10-23(16-22)17-26(27(18-28)29-4)24-11-6-5-7-12-24/h5-7,11-14,16-17H,8-10,15H2,1-3H3/b14-13?,23-17+,27-26+. The van der Waals surface area contributed by atoms with Crippen molar-refractivity contribution in [1.82, 2.24) is 0 Å². The Morgan fingerprint density at radius 1 is 1.07 bits per heavy atom. The number of nitriles is 1. The summed E-state index contributed by atoms with van der Waals surface area (Å²) in [6.07, 6.45) is 12.9. The van der Waals surface area contributed by atoms with Crippen LogP contribution in [0.2, 0.25) is 0 Å². The number of hydrogen-bond acceptors (Lipinski definition) is 1. The molecule has 0 aliphatic heterocycles. The van der Waals surface area contributed by atoms with E-state index in [1.165, 1.54) is 33.4 Å². The van der Waals surface area contributed by atoms with Gasteiger partial charge in [0.05, 0.1) is 12.6 Å². The molecule has 2 heteroatoms. The van der Waals surface area contributed by atoms with Gasteiger partial charge in [-0.25, -0.2) is 10.1 Å². The third-order valence-corrected chi connectivity index (χ3v) is 5.83. The van der Waals surface area contributed by atoms with E-state index < -0.39 is 0 Å². The first-order valence-electron chi connectivity index (χ1n) is 10.1. The van der Waals surface area contributed by atoms with Crippen molar-refractivity contribution in [3.63, 3.8) is 0 Å². The molecule has 144 valence electrons. The zero-order chi connectivity index (χ0) is 20.8. The number of hydrogen-bond donors (Lipinski definition) is 0. The van der Waals surface area contributed by atoms with Crippen molar-refractivity contribution in [3.05, 3.63) is 111 Å². The molecule has 3 rings (SSSR count). The van der Waals surface area contributed by atoms with Gasteiger partial charge in [0.1, 0.15) is 0 Å². The van der Waals surface area contributed by atoms with Crippen LogP contribution in [-0.4, -0.2) is 0 Å². The second-order valence-corrected chi connectivity index (χ2v) is 7.71. The van der Waals surface area contributed by atoms with Gasteiger partial charge in [-0.05, 0) is 85.5 Å². The fourth-order valence-electron chi connectivity index (χ4n) is 3.86. The molecule has 0 radical (unpaired) electrons. The molecule has 1 aromatic rings. The van der Waals surface area contributed by atoms with Crippen LogP contribution in [0.1, 0.15) is 52.0 Å². The van der Waals surface area contributed by atoms with Crippen molar-refractivity contribution in [2.75, 3.05) is 0 Å². The summed E-state index contributed by atoms with van der Waals surface area (Å²) < 4.78 is 0. The van der Waals surface area contributed by atoms with Crippen LogP contribution in [0.15, 0.2) is 93.8 Å². The molecule has 0 spiro atoms. The van der Waals surface area contributed by atoms with Crippen LogP contribution in [0, 0.1) is 17.9 Å². The lowest BCUT2D eigenvalue weighted by Gasteiger charge is -2.14. The highest BCUT2D eigenvalue weighted by Crippen LogP contribution is 2.33. The third kappa shape index (κ3) is 4.74. The van der Waals surface area contributed by atoms with E-state index in [0.29, 0.717) is 5.57 Å². The Morgan fingerprint density at radius 3 is 2.45 bits per heavy atom. The van der Waals surface area contributed by atoms with E-state index in [2.05, 4.69) is 49.9 Å². The highest BCUT2D eigenvalue weighted by atomic mass is 14.7. The summed E-state index contributed by atoms with van der Waals surface area (Å²) in [5, 5.41) is 9.43. The number of rotatable bonds is 4. The van der Waals surface area contributed by atoms with Crippen LogP contribution in [0.25, 0.3) is 10.4 Å². The first-order chi connectivity index (χ1) is 14.0. The van der Waals surface area contributed by atoms with E-state index in [4.69, 9.17) is 6.57 Å². The Morgan fingerprint density at radius 2 is 1.83 bits per heavy atom. The van der Waals surface area contributed by atoms with Gasteiger partial charge in [0.25, 0.3) is 5.70 Å². The lowest BCUT2D eigenvalue weighted by atomic mass is 9.91. The summed E-state index contributed by atoms with van der Waals surface area (Å²) in [7, 11) is 0. The summed E-state index contributed by atoms with van der Waals surface area (Å²) in [5.41, 5.74) is 9.93. The average Bonchev–Trinajstić information content (AvgIpc) is 3.00. The van der Waals surface area contributed by atoms with Crippen molar-refractivity contribution in [2.45, 2.75) is 46.5 Å². The molecule has 0 bridgehead atoms. The first-order valence-corrected chi connectivity index (χ1v) is 10.1. The summed E-state index contributed by atoms with van der Waals surface area (Å²) in [6, 6.07) is 11.8. The van der Waals surface area contributed by atoms with Crippen LogP contribution in [-0.2, 0) is 0 Å². The quantitative estimate of drug-likeness (QED) is 0.394. The molecule has 0 N–H and O–H groups in total. The lowest BCUT2D eigenvalue weighted by molar-refractivity contribution is 0.798. The molecule has 0 atom stereocenters. The Hall–Kier alpha value is -3.36. The Balaban J connectivity index is 1.92. The molecule has 0 amide bonds. The van der Waals surface area contributed by atoms with Crippen LogP contribution in [0.3, 0.4) is 0 Å². The SMILES string of the molecule is [C-]#[N+]/C(C#N)=C(\C=C1\C=C(C=CC2=C(C)C(C)=C(C)C2)CCC1)c1ccccc1. The van der Waals surface area contributed by atoms with Gasteiger partial charge in [0.15, 0.2) is 0 Å². The Bertz CT molecular complexity index is 1060. The molecular weight excluding hydrogens is 352 g/mol. The Kier molecular flexibility index (Phi) is 6.48. The maximum atomic E-state index is 9.43. The fraction of sp³-hybridized carbons (Fsp3) is 0.259. The van der Waals surface area contributed by atoms with Gasteiger partial charge in [0, 0.05) is 0 Å². The minimum atomic E-state index is 0.142. The van der Waals surface area contributed by atoms with E-state index in [1.807, 2.05) is 36.4 Å². The van der Waals surface area contributed by atoms with Crippen molar-refractivity contribution >= 4 is 5.57 Å². The van der Waals surface area contributed by atoms with Crippen LogP contribution in [0.5, 0.6) is 0 Å². The largest absolute Gasteiger partial charge is 0.269 e. The van der Waals surface area contributed by atoms with Gasteiger partial charge >= 0.3 is 0 Å². The number of allylic oxidation sites excluding steroid dienone is 12. The molecule has 0 aromatic heterocycles. The van der Waals surface area contributed by atoms with Crippen LogP contribution in [0.4, 0.5) is 0 Å². The van der Waals surface area contributed by atoms with E-state index in [9.17, 15) is 5.26 Å². The highest BCUT2D eigenvalue weighted by Gasteiger charge is 2.14. The second-order valence-electron chi connectivity index (χ2n) is 7.71. The molecule has 0 fully saturated rings. The summed E-state index contributed by atoms with van der Waals surface area (Å²) >= 11 is 0. The van der Waals surface area contributed by atoms with Crippen LogP contribution < -0.4 is 0 Å². The first kappa shape index (κ1) is 20.4. The number of nitrogens with zero attached hydrogens (tertiary/aromatic N) is 2. The van der Waals surface area contributed by atoms with Gasteiger partial charge in [-0.2, -0.15) is 0 Å². The van der Waals surface area contributed by atoms with Crippen molar-refractivity contribution < 1.29 is 0 Å². The molecule has 0 heterocycles. The Labute approximate surface area is 174 Å². The maximum absolute atomic E-state index is 9.43. The molecule has 2 nitrogen and oxygen atoms in total. The van der Waals surface area contributed by atoms with Crippen molar-refractivity contribution in [2.24, 2.45) is 0 Å². The second kappa shape index (κ2) is 9.22. The maximum Gasteiger partial charge on any atom is 0.269 e. The molecule has 2 aliphatic rings. The highest BCUT2D eigenvalue weighted by molar-refractivity contribution is 5.81. The van der Waals surface area contributed by atoms with Crippen molar-refractivity contribution in [1.29, 1.82) is 5.26 Å². The number of benzene rings is 1. The van der Waals surface area contributed by atoms with E-state index in [1.54, 1.807) is 0 Å². The lowest BCUT2D eigenvalue weighted by Crippen LogP contribution is -1.95.